The smallest absolute Gasteiger partial charge is 0.323 e. The molecule has 2 heterocycles. The lowest BCUT2D eigenvalue weighted by Gasteiger charge is -2.34. The number of ether oxygens (including phenoxy) is 1. The van der Waals surface area contributed by atoms with Gasteiger partial charge in [0.1, 0.15) is 6.54 Å². The molecular weight excluding hydrogens is 330 g/mol. The van der Waals surface area contributed by atoms with Crippen LogP contribution in [0.2, 0.25) is 0 Å². The summed E-state index contributed by atoms with van der Waals surface area (Å²) >= 11 is 1.70. The average Bonchev–Trinajstić information content (AvgIpc) is 2.94. The van der Waals surface area contributed by atoms with Crippen molar-refractivity contribution < 1.29 is 19.4 Å². The molecule has 7 nitrogen and oxygen atoms in total. The van der Waals surface area contributed by atoms with Crippen LogP contribution in [-0.2, 0) is 27.3 Å². The van der Waals surface area contributed by atoms with E-state index in [-0.39, 0.29) is 18.6 Å². The highest BCUT2D eigenvalue weighted by Crippen LogP contribution is 2.16. The number of nitrogens with zero attached hydrogens (tertiary/aromatic N) is 3. The molecule has 0 aromatic carbocycles. The van der Waals surface area contributed by atoms with Crippen LogP contribution in [0.3, 0.4) is 0 Å². The van der Waals surface area contributed by atoms with Crippen LogP contribution >= 0.6 is 11.3 Å². The highest BCUT2D eigenvalue weighted by molar-refractivity contribution is 7.09. The Bertz CT molecular complexity index is 563. The second-order valence-electron chi connectivity index (χ2n) is 6.00. The monoisotopic (exact) mass is 355 g/mol. The van der Waals surface area contributed by atoms with Gasteiger partial charge < -0.3 is 14.7 Å². The lowest BCUT2D eigenvalue weighted by molar-refractivity contribution is -0.145. The normalized spacial score (nSPS) is 18.5. The van der Waals surface area contributed by atoms with Crippen LogP contribution in [0.4, 0.5) is 0 Å². The van der Waals surface area contributed by atoms with Crippen LogP contribution in [0, 0.1) is 0 Å². The van der Waals surface area contributed by atoms with Gasteiger partial charge in [0.05, 0.1) is 23.4 Å². The lowest BCUT2D eigenvalue weighted by atomic mass is 10.2. The number of aliphatic carboxylic acids is 1. The van der Waals surface area contributed by atoms with E-state index in [9.17, 15) is 9.59 Å². The first-order valence-corrected chi connectivity index (χ1v) is 9.10. The third-order valence-corrected chi connectivity index (χ3v) is 4.82. The van der Waals surface area contributed by atoms with E-state index >= 15 is 0 Å². The first-order valence-electron chi connectivity index (χ1n) is 8.22. The maximum Gasteiger partial charge on any atom is 0.323 e. The number of rotatable bonds is 8. The Morgan fingerprint density at radius 1 is 1.54 bits per heavy atom. The fraction of sp³-hybridized carbons (Fsp3) is 0.688. The van der Waals surface area contributed by atoms with Crippen molar-refractivity contribution in [2.45, 2.75) is 39.3 Å². The Balaban J connectivity index is 1.88. The van der Waals surface area contributed by atoms with E-state index in [0.717, 1.165) is 31.6 Å². The van der Waals surface area contributed by atoms with Crippen molar-refractivity contribution in [1.29, 1.82) is 0 Å². The third-order valence-electron chi connectivity index (χ3n) is 3.87. The molecule has 1 saturated heterocycles. The van der Waals surface area contributed by atoms with Gasteiger partial charge in [0.25, 0.3) is 0 Å². The molecule has 8 heteroatoms. The fourth-order valence-corrected chi connectivity index (χ4v) is 3.62. The summed E-state index contributed by atoms with van der Waals surface area (Å²) < 4.78 is 5.71. The van der Waals surface area contributed by atoms with Gasteiger partial charge in [-0.05, 0) is 12.8 Å². The fourth-order valence-electron chi connectivity index (χ4n) is 2.73. The summed E-state index contributed by atoms with van der Waals surface area (Å²) in [5, 5.41) is 12.2. The van der Waals surface area contributed by atoms with E-state index in [1.54, 1.807) is 11.3 Å². The molecule has 134 valence electrons. The number of morpholine rings is 1. The van der Waals surface area contributed by atoms with Crippen LogP contribution in [0.15, 0.2) is 5.38 Å². The van der Waals surface area contributed by atoms with Crippen LogP contribution in [-0.4, -0.2) is 70.7 Å². The Morgan fingerprint density at radius 3 is 3.00 bits per heavy atom. The second kappa shape index (κ2) is 9.10. The first kappa shape index (κ1) is 18.8. The van der Waals surface area contributed by atoms with Gasteiger partial charge in [0, 0.05) is 38.5 Å². The Kier molecular flexibility index (Phi) is 7.14. The molecule has 24 heavy (non-hydrogen) atoms. The Labute approximate surface area is 146 Å². The summed E-state index contributed by atoms with van der Waals surface area (Å²) in [7, 11) is 0. The maximum atomic E-state index is 11.6. The zero-order chi connectivity index (χ0) is 17.5. The maximum absolute atomic E-state index is 11.6. The summed E-state index contributed by atoms with van der Waals surface area (Å²) in [5.74, 6) is -1.26. The number of hydrogen-bond acceptors (Lipinski definition) is 6. The number of carboxylic acids is 1. The number of amides is 1. The van der Waals surface area contributed by atoms with E-state index in [0.29, 0.717) is 19.7 Å². The Hall–Kier alpha value is -1.51. The Morgan fingerprint density at radius 2 is 2.33 bits per heavy atom. The van der Waals surface area contributed by atoms with Crippen LogP contribution in [0.5, 0.6) is 0 Å². The van der Waals surface area contributed by atoms with Gasteiger partial charge in [-0.15, -0.1) is 11.3 Å². The molecule has 1 unspecified atom stereocenters. The number of aromatic nitrogens is 1. The molecule has 1 amide bonds. The topological polar surface area (TPSA) is 83.0 Å². The van der Waals surface area contributed by atoms with Crippen LogP contribution < -0.4 is 0 Å². The summed E-state index contributed by atoms with van der Waals surface area (Å²) in [5.41, 5.74) is 1.07. The highest BCUT2D eigenvalue weighted by Gasteiger charge is 2.25. The van der Waals surface area contributed by atoms with E-state index in [1.807, 2.05) is 0 Å². The van der Waals surface area contributed by atoms with Gasteiger partial charge >= 0.3 is 5.97 Å². The summed E-state index contributed by atoms with van der Waals surface area (Å²) in [6.45, 7) is 6.37. The first-order chi connectivity index (χ1) is 11.5. The van der Waals surface area contributed by atoms with Crippen molar-refractivity contribution in [1.82, 2.24) is 14.8 Å². The molecule has 1 aliphatic rings. The van der Waals surface area contributed by atoms with Crippen molar-refractivity contribution in [2.24, 2.45) is 0 Å². The van der Waals surface area contributed by atoms with Gasteiger partial charge in [-0.1, -0.05) is 6.92 Å². The molecule has 2 rings (SSSR count). The quantitative estimate of drug-likeness (QED) is 0.755. The van der Waals surface area contributed by atoms with Gasteiger partial charge in [-0.2, -0.15) is 0 Å². The van der Waals surface area contributed by atoms with Crippen LogP contribution in [0.1, 0.15) is 31.0 Å². The molecule has 0 aliphatic carbocycles. The largest absolute Gasteiger partial charge is 0.480 e. The third kappa shape index (κ3) is 5.85. The highest BCUT2D eigenvalue weighted by atomic mass is 32.1. The van der Waals surface area contributed by atoms with Crippen molar-refractivity contribution >= 4 is 23.2 Å². The summed E-state index contributed by atoms with van der Waals surface area (Å²) in [4.78, 5) is 30.6. The zero-order valence-electron chi connectivity index (χ0n) is 14.2. The molecule has 0 saturated carbocycles. The number of carbonyl (C=O) groups excluding carboxylic acids is 1. The van der Waals surface area contributed by atoms with Gasteiger partial charge in [-0.25, -0.2) is 4.98 Å². The molecule has 0 bridgehead atoms. The minimum absolute atomic E-state index is 0.171. The van der Waals surface area contributed by atoms with E-state index in [2.05, 4.69) is 22.2 Å². The van der Waals surface area contributed by atoms with Crippen molar-refractivity contribution in [3.63, 3.8) is 0 Å². The molecule has 0 radical (unpaired) electrons. The standard InChI is InChI=1S/C16H25N3O4S/c1-3-4-15-17-13(11-24-15)7-18-5-6-23-14(8-18)9-19(12(2)20)10-16(21)22/h11,14H,3-10H2,1-2H3,(H,21,22). The number of hydrogen-bond donors (Lipinski definition) is 1. The molecule has 1 N–H and O–H groups in total. The van der Waals surface area contributed by atoms with Crippen molar-refractivity contribution in [3.8, 4) is 0 Å². The van der Waals surface area contributed by atoms with Crippen LogP contribution in [0.25, 0.3) is 0 Å². The molecule has 1 aromatic heterocycles. The van der Waals surface area contributed by atoms with Gasteiger partial charge in [0.2, 0.25) is 5.91 Å². The number of thiazole rings is 1. The molecule has 1 aromatic rings. The minimum Gasteiger partial charge on any atom is -0.480 e. The average molecular weight is 355 g/mol. The molecule has 1 atom stereocenters. The molecule has 1 fully saturated rings. The van der Waals surface area contributed by atoms with Crippen molar-refractivity contribution in [2.75, 3.05) is 32.8 Å². The molecular formula is C16H25N3O4S. The predicted octanol–water partition coefficient (Wildman–Crippen LogP) is 1.23. The van der Waals surface area contributed by atoms with Gasteiger partial charge in [0.15, 0.2) is 0 Å². The number of carboxylic acid groups (broad SMARTS) is 1. The van der Waals surface area contributed by atoms with E-state index < -0.39 is 5.97 Å². The summed E-state index contributed by atoms with van der Waals surface area (Å²) in [6.07, 6.45) is 1.94. The second-order valence-corrected chi connectivity index (χ2v) is 6.95. The minimum atomic E-state index is -1.01. The van der Waals surface area contributed by atoms with Crippen molar-refractivity contribution in [3.05, 3.63) is 16.1 Å². The predicted molar refractivity (Wildman–Crippen MR) is 91.0 cm³/mol. The molecule has 1 aliphatic heterocycles. The summed E-state index contributed by atoms with van der Waals surface area (Å²) in [6, 6.07) is 0. The van der Waals surface area contributed by atoms with Gasteiger partial charge in [-0.3, -0.25) is 14.5 Å². The SMILES string of the molecule is CCCc1nc(CN2CCOC(CN(CC(=O)O)C(C)=O)C2)cs1. The zero-order valence-corrected chi connectivity index (χ0v) is 15.0. The molecule has 0 spiro atoms. The number of carbonyl (C=O) groups is 2. The van der Waals surface area contributed by atoms with E-state index in [4.69, 9.17) is 9.84 Å². The lowest BCUT2D eigenvalue weighted by Crippen LogP contribution is -2.49. The van der Waals surface area contributed by atoms with E-state index in [1.165, 1.54) is 16.8 Å². The number of aryl methyl sites for hydroxylation is 1.